The number of likely N-dealkylation sites (tertiary alicyclic amines) is 1. The second-order valence-corrected chi connectivity index (χ2v) is 9.48. The molecule has 0 radical (unpaired) electrons. The molecule has 1 saturated heterocycles. The van der Waals surface area contributed by atoms with Gasteiger partial charge in [0.2, 0.25) is 15.9 Å². The molecule has 3 rings (SSSR count). The van der Waals surface area contributed by atoms with Crippen molar-refractivity contribution < 1.29 is 13.2 Å². The number of nitrogens with one attached hydrogen (secondary N) is 1. The number of piperidine rings is 1. The average molecular weight is 416 g/mol. The Labute approximate surface area is 173 Å². The van der Waals surface area contributed by atoms with Crippen molar-refractivity contribution in [2.24, 2.45) is 11.1 Å². The molecular weight excluding hydrogens is 386 g/mol. The molecule has 0 saturated carbocycles. The lowest BCUT2D eigenvalue weighted by Crippen LogP contribution is -2.32. The van der Waals surface area contributed by atoms with E-state index in [1.807, 2.05) is 0 Å². The molecule has 0 atom stereocenters. The van der Waals surface area contributed by atoms with Crippen molar-refractivity contribution in [3.05, 3.63) is 65.2 Å². The van der Waals surface area contributed by atoms with Crippen molar-refractivity contribution in [3.8, 4) is 0 Å². The fourth-order valence-electron chi connectivity index (χ4n) is 3.49. The maximum atomic E-state index is 12.2. The summed E-state index contributed by atoms with van der Waals surface area (Å²) in [7, 11) is -3.71. The Balaban J connectivity index is 1.45. The zero-order valence-corrected chi connectivity index (χ0v) is 17.6. The molecule has 1 aliphatic rings. The lowest BCUT2D eigenvalue weighted by molar-refractivity contribution is -0.120. The van der Waals surface area contributed by atoms with Crippen molar-refractivity contribution >= 4 is 15.9 Å². The van der Waals surface area contributed by atoms with E-state index in [0.717, 1.165) is 36.7 Å². The van der Waals surface area contributed by atoms with Gasteiger partial charge in [0.05, 0.1) is 11.3 Å². The van der Waals surface area contributed by atoms with E-state index >= 15 is 0 Å². The molecule has 0 bridgehead atoms. The predicted octanol–water partition coefficient (Wildman–Crippen LogP) is 2.42. The summed E-state index contributed by atoms with van der Waals surface area (Å²) < 4.78 is 22.5. The Bertz CT molecular complexity index is 917. The summed E-state index contributed by atoms with van der Waals surface area (Å²) in [6.07, 6.45) is 2.74. The highest BCUT2D eigenvalue weighted by Crippen LogP contribution is 2.18. The molecule has 0 unspecified atom stereocenters. The smallest absolute Gasteiger partial charge is 0.238 e. The summed E-state index contributed by atoms with van der Waals surface area (Å²) in [5.74, 6) is 0.726. The van der Waals surface area contributed by atoms with Gasteiger partial charge in [0.1, 0.15) is 0 Å². The molecule has 7 heteroatoms. The van der Waals surface area contributed by atoms with Crippen molar-refractivity contribution in [2.45, 2.75) is 44.2 Å². The van der Waals surface area contributed by atoms with E-state index in [-0.39, 0.29) is 17.2 Å². The van der Waals surface area contributed by atoms with Crippen LogP contribution in [0, 0.1) is 5.92 Å². The topological polar surface area (TPSA) is 92.5 Å². The number of benzene rings is 2. The Morgan fingerprint density at radius 2 is 1.55 bits per heavy atom. The quantitative estimate of drug-likeness (QED) is 0.726. The number of carbonyl (C=O) groups excluding carboxylic acids is 1. The zero-order chi connectivity index (χ0) is 20.9. The molecule has 0 spiro atoms. The van der Waals surface area contributed by atoms with Crippen LogP contribution in [0.5, 0.6) is 0 Å². The third kappa shape index (κ3) is 6.66. The minimum Gasteiger partial charge on any atom is -0.352 e. The number of sulfonamides is 1. The van der Waals surface area contributed by atoms with Crippen LogP contribution < -0.4 is 10.5 Å². The Hall–Kier alpha value is -2.22. The van der Waals surface area contributed by atoms with E-state index < -0.39 is 10.0 Å². The van der Waals surface area contributed by atoms with Gasteiger partial charge in [-0.2, -0.15) is 0 Å². The van der Waals surface area contributed by atoms with Crippen LogP contribution in [0.1, 0.15) is 36.5 Å². The molecule has 29 heavy (non-hydrogen) atoms. The predicted molar refractivity (Wildman–Crippen MR) is 113 cm³/mol. The van der Waals surface area contributed by atoms with Crippen LogP contribution in [0.4, 0.5) is 0 Å². The number of hydrogen-bond donors (Lipinski definition) is 2. The van der Waals surface area contributed by atoms with E-state index in [2.05, 4.69) is 41.4 Å². The van der Waals surface area contributed by atoms with Gasteiger partial charge < -0.3 is 5.32 Å². The molecule has 2 aromatic carbocycles. The maximum Gasteiger partial charge on any atom is 0.238 e. The van der Waals surface area contributed by atoms with Gasteiger partial charge in [-0.1, -0.05) is 43.3 Å². The monoisotopic (exact) mass is 415 g/mol. The first-order chi connectivity index (χ1) is 13.8. The van der Waals surface area contributed by atoms with Crippen LogP contribution in [-0.2, 0) is 34.3 Å². The number of amides is 1. The van der Waals surface area contributed by atoms with Crippen LogP contribution in [0.25, 0.3) is 0 Å². The maximum absolute atomic E-state index is 12.2. The van der Waals surface area contributed by atoms with Crippen LogP contribution >= 0.6 is 0 Å². The largest absolute Gasteiger partial charge is 0.352 e. The molecule has 1 heterocycles. The standard InChI is InChI=1S/C22H29N3O3S/c1-17-10-12-25(13-11-17)16-20-4-2-19(3-5-20)15-24-22(26)14-18-6-8-21(9-7-18)29(23,27)28/h2-9,17H,10-16H2,1H3,(H,24,26)(H2,23,27,28). The molecule has 1 amide bonds. The summed E-state index contributed by atoms with van der Waals surface area (Å²) >= 11 is 0. The van der Waals surface area contributed by atoms with Crippen molar-refractivity contribution in [2.75, 3.05) is 13.1 Å². The minimum absolute atomic E-state index is 0.0424. The number of carbonyl (C=O) groups is 1. The van der Waals surface area contributed by atoms with Crippen molar-refractivity contribution in [1.82, 2.24) is 10.2 Å². The first kappa shape index (κ1) is 21.5. The highest BCUT2D eigenvalue weighted by atomic mass is 32.2. The Morgan fingerprint density at radius 1 is 1.00 bits per heavy atom. The lowest BCUT2D eigenvalue weighted by atomic mass is 9.99. The molecule has 3 N–H and O–H groups in total. The summed E-state index contributed by atoms with van der Waals surface area (Å²) in [6, 6.07) is 14.4. The molecule has 6 nitrogen and oxygen atoms in total. The molecule has 1 aliphatic heterocycles. The molecule has 156 valence electrons. The van der Waals surface area contributed by atoms with Gasteiger partial charge in [-0.05, 0) is 60.7 Å². The van der Waals surface area contributed by atoms with Gasteiger partial charge in [0, 0.05) is 13.1 Å². The second-order valence-electron chi connectivity index (χ2n) is 7.92. The minimum atomic E-state index is -3.71. The zero-order valence-electron chi connectivity index (χ0n) is 16.8. The molecule has 1 fully saturated rings. The second kappa shape index (κ2) is 9.52. The number of nitrogens with two attached hydrogens (primary N) is 1. The van der Waals surface area contributed by atoms with Gasteiger partial charge in [0.15, 0.2) is 0 Å². The number of primary sulfonamides is 1. The first-order valence-electron chi connectivity index (χ1n) is 9.98. The fraction of sp³-hybridized carbons (Fsp3) is 0.409. The van der Waals surface area contributed by atoms with Gasteiger partial charge in [-0.25, -0.2) is 13.6 Å². The number of rotatable bonds is 7. The van der Waals surface area contributed by atoms with E-state index in [1.54, 1.807) is 12.1 Å². The summed E-state index contributed by atoms with van der Waals surface area (Å²) in [4.78, 5) is 14.7. The van der Waals surface area contributed by atoms with Crippen molar-refractivity contribution in [3.63, 3.8) is 0 Å². The van der Waals surface area contributed by atoms with Crippen LogP contribution in [0.3, 0.4) is 0 Å². The first-order valence-corrected chi connectivity index (χ1v) is 11.5. The van der Waals surface area contributed by atoms with Crippen LogP contribution in [0.15, 0.2) is 53.4 Å². The van der Waals surface area contributed by atoms with E-state index in [0.29, 0.717) is 6.54 Å². The molecular formula is C22H29N3O3S. The fourth-order valence-corrected chi connectivity index (χ4v) is 4.00. The number of nitrogens with zero attached hydrogens (tertiary/aromatic N) is 1. The molecule has 2 aromatic rings. The normalized spacial score (nSPS) is 15.9. The summed E-state index contributed by atoms with van der Waals surface area (Å²) in [5, 5.41) is 7.98. The van der Waals surface area contributed by atoms with Crippen LogP contribution in [0.2, 0.25) is 0 Å². The summed E-state index contributed by atoms with van der Waals surface area (Å²) in [5.41, 5.74) is 3.09. The van der Waals surface area contributed by atoms with Gasteiger partial charge in [-0.15, -0.1) is 0 Å². The van der Waals surface area contributed by atoms with Gasteiger partial charge >= 0.3 is 0 Å². The van der Waals surface area contributed by atoms with E-state index in [1.165, 1.54) is 30.5 Å². The third-order valence-corrected chi connectivity index (χ3v) is 6.34. The Morgan fingerprint density at radius 3 is 2.14 bits per heavy atom. The average Bonchev–Trinajstić information content (AvgIpc) is 2.69. The molecule has 0 aliphatic carbocycles. The number of hydrogen-bond acceptors (Lipinski definition) is 4. The third-order valence-electron chi connectivity index (χ3n) is 5.41. The highest BCUT2D eigenvalue weighted by molar-refractivity contribution is 7.89. The SMILES string of the molecule is CC1CCN(Cc2ccc(CNC(=O)Cc3ccc(S(N)(=O)=O)cc3)cc2)CC1. The van der Waals surface area contributed by atoms with E-state index in [4.69, 9.17) is 5.14 Å². The van der Waals surface area contributed by atoms with E-state index in [9.17, 15) is 13.2 Å². The highest BCUT2D eigenvalue weighted by Gasteiger charge is 2.15. The Kier molecular flexibility index (Phi) is 7.05. The van der Waals surface area contributed by atoms with Gasteiger partial charge in [-0.3, -0.25) is 9.69 Å². The van der Waals surface area contributed by atoms with Crippen molar-refractivity contribution in [1.29, 1.82) is 0 Å². The van der Waals surface area contributed by atoms with Crippen LogP contribution in [-0.4, -0.2) is 32.3 Å². The lowest BCUT2D eigenvalue weighted by Gasteiger charge is -2.30. The summed E-state index contributed by atoms with van der Waals surface area (Å²) in [6.45, 7) is 6.10. The van der Waals surface area contributed by atoms with Gasteiger partial charge in [0.25, 0.3) is 0 Å². The molecule has 0 aromatic heterocycles.